The van der Waals surface area contributed by atoms with Gasteiger partial charge in [0.05, 0.1) is 6.54 Å². The molecule has 2 aliphatic rings. The van der Waals surface area contributed by atoms with Crippen LogP contribution in [-0.4, -0.2) is 24.5 Å². The molecule has 2 rings (SSSR count). The Bertz CT molecular complexity index is 273. The highest BCUT2D eigenvalue weighted by atomic mass is 15.1. The van der Waals surface area contributed by atoms with E-state index in [1.165, 1.54) is 38.8 Å². The van der Waals surface area contributed by atoms with Crippen molar-refractivity contribution in [3.63, 3.8) is 0 Å². The molecule has 84 valence electrons. The molecule has 1 heteroatoms. The second kappa shape index (κ2) is 3.83. The number of hydrogen-bond acceptors (Lipinski definition) is 1. The highest BCUT2D eigenvalue weighted by Gasteiger charge is 2.44. The van der Waals surface area contributed by atoms with E-state index in [9.17, 15) is 0 Å². The van der Waals surface area contributed by atoms with E-state index in [0.29, 0.717) is 0 Å². The summed E-state index contributed by atoms with van der Waals surface area (Å²) in [5.74, 6) is 6.63. The molecular weight excluding hydrogens is 182 g/mol. The molecule has 0 radical (unpaired) electrons. The summed E-state index contributed by atoms with van der Waals surface area (Å²) in [6, 6.07) is 0. The third kappa shape index (κ3) is 3.24. The number of likely N-dealkylation sites (tertiary alicyclic amines) is 1. The molecule has 15 heavy (non-hydrogen) atoms. The van der Waals surface area contributed by atoms with Gasteiger partial charge in [-0.15, -0.1) is 0 Å². The lowest BCUT2D eigenvalue weighted by Gasteiger charge is -2.30. The van der Waals surface area contributed by atoms with Crippen LogP contribution in [0, 0.1) is 22.7 Å². The third-order valence-electron chi connectivity index (χ3n) is 3.64. The van der Waals surface area contributed by atoms with Crippen molar-refractivity contribution in [1.82, 2.24) is 4.90 Å². The summed E-state index contributed by atoms with van der Waals surface area (Å²) in [6.45, 7) is 10.1. The van der Waals surface area contributed by atoms with E-state index in [1.807, 2.05) is 0 Å². The monoisotopic (exact) mass is 205 g/mol. The molecular formula is C14H23N. The smallest absolute Gasteiger partial charge is 0.0601 e. The Balaban J connectivity index is 1.74. The molecule has 0 amide bonds. The lowest BCUT2D eigenvalue weighted by molar-refractivity contribution is 0.190. The molecule has 1 spiro atoms. The summed E-state index contributed by atoms with van der Waals surface area (Å²) in [6.07, 6.45) is 5.83. The van der Waals surface area contributed by atoms with Crippen molar-refractivity contribution in [2.24, 2.45) is 10.8 Å². The van der Waals surface area contributed by atoms with E-state index in [2.05, 4.69) is 37.5 Å². The van der Waals surface area contributed by atoms with Crippen molar-refractivity contribution < 1.29 is 0 Å². The second-order valence-corrected chi connectivity index (χ2v) is 6.33. The van der Waals surface area contributed by atoms with E-state index in [4.69, 9.17) is 0 Å². The summed E-state index contributed by atoms with van der Waals surface area (Å²) < 4.78 is 0. The van der Waals surface area contributed by atoms with Gasteiger partial charge in [0.25, 0.3) is 0 Å². The molecule has 1 aliphatic heterocycles. The molecule has 1 aliphatic carbocycles. The van der Waals surface area contributed by atoms with Crippen molar-refractivity contribution in [3.05, 3.63) is 0 Å². The second-order valence-electron chi connectivity index (χ2n) is 6.33. The quantitative estimate of drug-likeness (QED) is 0.595. The van der Waals surface area contributed by atoms with Crippen LogP contribution in [0.4, 0.5) is 0 Å². The molecule has 1 nitrogen and oxygen atoms in total. The first kappa shape index (κ1) is 11.0. The summed E-state index contributed by atoms with van der Waals surface area (Å²) in [7, 11) is 0. The van der Waals surface area contributed by atoms with Gasteiger partial charge in [0.15, 0.2) is 0 Å². The first-order valence-electron chi connectivity index (χ1n) is 6.22. The average molecular weight is 205 g/mol. The van der Waals surface area contributed by atoms with Gasteiger partial charge in [-0.05, 0) is 65.0 Å². The zero-order chi connectivity index (χ0) is 10.9. The largest absolute Gasteiger partial charge is 0.292 e. The van der Waals surface area contributed by atoms with Crippen LogP contribution in [0.2, 0.25) is 0 Å². The van der Waals surface area contributed by atoms with Gasteiger partial charge in [0.2, 0.25) is 0 Å². The van der Waals surface area contributed by atoms with Gasteiger partial charge in [-0.2, -0.15) is 0 Å². The van der Waals surface area contributed by atoms with E-state index < -0.39 is 0 Å². The van der Waals surface area contributed by atoms with Gasteiger partial charge in [0.1, 0.15) is 0 Å². The van der Waals surface area contributed by atoms with Gasteiger partial charge in [-0.3, -0.25) is 4.90 Å². The van der Waals surface area contributed by atoms with Crippen LogP contribution in [0.25, 0.3) is 0 Å². The van der Waals surface area contributed by atoms with Gasteiger partial charge in [0, 0.05) is 5.41 Å². The van der Waals surface area contributed by atoms with Crippen molar-refractivity contribution >= 4 is 0 Å². The Morgan fingerprint density at radius 3 is 2.13 bits per heavy atom. The fourth-order valence-electron chi connectivity index (χ4n) is 2.28. The van der Waals surface area contributed by atoms with Crippen LogP contribution in [0.1, 0.15) is 46.5 Å². The molecule has 0 aromatic heterocycles. The number of hydrogen-bond donors (Lipinski definition) is 0. The number of nitrogens with zero attached hydrogens (tertiary/aromatic N) is 1. The SMILES string of the molecule is CC(C)(C)C#CCN1CCC2(CC1)CC2. The maximum absolute atomic E-state index is 3.32. The molecule has 0 aromatic rings. The average Bonchev–Trinajstić information content (AvgIpc) is 2.88. The summed E-state index contributed by atoms with van der Waals surface area (Å²) >= 11 is 0. The molecule has 2 fully saturated rings. The van der Waals surface area contributed by atoms with Crippen molar-refractivity contribution in [2.45, 2.75) is 46.5 Å². The Morgan fingerprint density at radius 2 is 1.67 bits per heavy atom. The van der Waals surface area contributed by atoms with Crippen LogP contribution in [-0.2, 0) is 0 Å². The van der Waals surface area contributed by atoms with E-state index in [-0.39, 0.29) is 5.41 Å². The van der Waals surface area contributed by atoms with Gasteiger partial charge >= 0.3 is 0 Å². The van der Waals surface area contributed by atoms with Gasteiger partial charge in [-0.25, -0.2) is 0 Å². The summed E-state index contributed by atoms with van der Waals surface area (Å²) in [5, 5.41) is 0. The normalized spacial score (nSPS) is 24.7. The number of rotatable bonds is 1. The lowest BCUT2D eigenvalue weighted by Crippen LogP contribution is -2.34. The predicted octanol–water partition coefficient (Wildman–Crippen LogP) is 2.91. The molecule has 1 saturated carbocycles. The minimum Gasteiger partial charge on any atom is -0.292 e. The minimum atomic E-state index is 0.160. The van der Waals surface area contributed by atoms with E-state index in [0.717, 1.165) is 12.0 Å². The zero-order valence-corrected chi connectivity index (χ0v) is 10.4. The first-order valence-corrected chi connectivity index (χ1v) is 6.22. The van der Waals surface area contributed by atoms with Crippen LogP contribution in [0.3, 0.4) is 0 Å². The first-order chi connectivity index (χ1) is 6.99. The summed E-state index contributed by atoms with van der Waals surface area (Å²) in [4.78, 5) is 2.52. The van der Waals surface area contributed by atoms with Crippen LogP contribution < -0.4 is 0 Å². The van der Waals surface area contributed by atoms with Crippen LogP contribution in [0.15, 0.2) is 0 Å². The molecule has 1 heterocycles. The van der Waals surface area contributed by atoms with E-state index in [1.54, 1.807) is 0 Å². The van der Waals surface area contributed by atoms with E-state index >= 15 is 0 Å². The minimum absolute atomic E-state index is 0.160. The molecule has 0 bridgehead atoms. The Kier molecular flexibility index (Phi) is 2.81. The van der Waals surface area contributed by atoms with Crippen molar-refractivity contribution in [2.75, 3.05) is 19.6 Å². The Morgan fingerprint density at radius 1 is 1.07 bits per heavy atom. The van der Waals surface area contributed by atoms with Gasteiger partial charge < -0.3 is 0 Å². The lowest BCUT2D eigenvalue weighted by atomic mass is 9.93. The van der Waals surface area contributed by atoms with Gasteiger partial charge in [-0.1, -0.05) is 11.8 Å². The molecule has 1 saturated heterocycles. The maximum Gasteiger partial charge on any atom is 0.0601 e. The molecule has 0 aromatic carbocycles. The molecule has 0 atom stereocenters. The van der Waals surface area contributed by atoms with Crippen LogP contribution >= 0.6 is 0 Å². The molecule has 0 unspecified atom stereocenters. The third-order valence-corrected chi connectivity index (χ3v) is 3.64. The highest BCUT2D eigenvalue weighted by Crippen LogP contribution is 2.53. The van der Waals surface area contributed by atoms with Crippen LogP contribution in [0.5, 0.6) is 0 Å². The Labute approximate surface area is 94.2 Å². The fraction of sp³-hybridized carbons (Fsp3) is 0.857. The Hall–Kier alpha value is -0.480. The fourth-order valence-corrected chi connectivity index (χ4v) is 2.28. The van der Waals surface area contributed by atoms with Crippen molar-refractivity contribution in [3.8, 4) is 11.8 Å². The highest BCUT2D eigenvalue weighted by molar-refractivity contribution is 5.09. The zero-order valence-electron chi connectivity index (χ0n) is 10.4. The predicted molar refractivity (Wildman–Crippen MR) is 64.6 cm³/mol. The topological polar surface area (TPSA) is 3.24 Å². The summed E-state index contributed by atoms with van der Waals surface area (Å²) in [5.41, 5.74) is 0.960. The standard InChI is InChI=1S/C14H23N/c1-13(2,3)5-4-10-15-11-8-14(6-7-14)9-12-15/h6-12H2,1-3H3. The molecule has 0 N–H and O–H groups in total. The maximum atomic E-state index is 3.32. The van der Waals surface area contributed by atoms with Crippen molar-refractivity contribution in [1.29, 1.82) is 0 Å². The number of piperidine rings is 1.